The first-order chi connectivity index (χ1) is 7.88. The minimum atomic E-state index is -4.62. The number of alkyl halides is 3. The molecule has 1 aromatic carbocycles. The molecular formula is C11H7F4NO. The number of hydrogen-bond acceptors (Lipinski definition) is 2. The lowest BCUT2D eigenvalue weighted by Gasteiger charge is -1.98. The standard InChI is InChI=1S/C11H7F4NO/c1-6-9(7-2-4-8(12)5-3-7)16-10(17-6)11(13,14)15/h2-5H,1H3. The van der Waals surface area contributed by atoms with Gasteiger partial charge in [-0.3, -0.25) is 0 Å². The Labute approximate surface area is 93.9 Å². The van der Waals surface area contributed by atoms with Gasteiger partial charge < -0.3 is 4.42 Å². The van der Waals surface area contributed by atoms with Crippen LogP contribution in [-0.4, -0.2) is 4.98 Å². The fourth-order valence-corrected chi connectivity index (χ4v) is 1.39. The number of halogens is 4. The Hall–Kier alpha value is -1.85. The van der Waals surface area contributed by atoms with Gasteiger partial charge in [0.25, 0.3) is 0 Å². The van der Waals surface area contributed by atoms with Crippen LogP contribution in [0.4, 0.5) is 17.6 Å². The summed E-state index contributed by atoms with van der Waals surface area (Å²) in [5.74, 6) is -1.72. The van der Waals surface area contributed by atoms with E-state index in [0.29, 0.717) is 5.56 Å². The van der Waals surface area contributed by atoms with Gasteiger partial charge in [-0.15, -0.1) is 0 Å². The molecule has 0 bridgehead atoms. The van der Waals surface area contributed by atoms with Crippen molar-refractivity contribution in [2.75, 3.05) is 0 Å². The van der Waals surface area contributed by atoms with Crippen molar-refractivity contribution in [1.29, 1.82) is 0 Å². The summed E-state index contributed by atoms with van der Waals surface area (Å²) in [6.07, 6.45) is -4.62. The normalized spacial score (nSPS) is 11.8. The van der Waals surface area contributed by atoms with Crippen molar-refractivity contribution < 1.29 is 22.0 Å². The third kappa shape index (κ3) is 2.30. The lowest BCUT2D eigenvalue weighted by molar-refractivity contribution is -0.157. The van der Waals surface area contributed by atoms with E-state index in [1.54, 1.807) is 0 Å². The zero-order valence-corrected chi connectivity index (χ0v) is 8.68. The molecule has 0 aliphatic heterocycles. The van der Waals surface area contributed by atoms with Crippen LogP contribution in [0.2, 0.25) is 0 Å². The van der Waals surface area contributed by atoms with E-state index in [2.05, 4.69) is 9.40 Å². The van der Waals surface area contributed by atoms with Crippen LogP contribution in [0.3, 0.4) is 0 Å². The highest BCUT2D eigenvalue weighted by Crippen LogP contribution is 2.33. The van der Waals surface area contributed by atoms with Gasteiger partial charge in [0.2, 0.25) is 0 Å². The summed E-state index contributed by atoms with van der Waals surface area (Å²) in [6, 6.07) is 4.99. The van der Waals surface area contributed by atoms with Crippen molar-refractivity contribution in [3.05, 3.63) is 41.7 Å². The molecule has 1 aromatic heterocycles. The zero-order valence-electron chi connectivity index (χ0n) is 8.68. The summed E-state index contributed by atoms with van der Waals surface area (Å²) >= 11 is 0. The summed E-state index contributed by atoms with van der Waals surface area (Å²) in [7, 11) is 0. The van der Waals surface area contributed by atoms with Crippen LogP contribution in [0.1, 0.15) is 11.7 Å². The second kappa shape index (κ2) is 3.87. The lowest BCUT2D eigenvalue weighted by Crippen LogP contribution is -2.04. The number of rotatable bonds is 1. The van der Waals surface area contributed by atoms with Crippen molar-refractivity contribution in [3.8, 4) is 11.3 Å². The van der Waals surface area contributed by atoms with Gasteiger partial charge in [0.15, 0.2) is 0 Å². The summed E-state index contributed by atoms with van der Waals surface area (Å²) < 4.78 is 54.2. The molecule has 2 nitrogen and oxygen atoms in total. The summed E-state index contributed by atoms with van der Waals surface area (Å²) in [4.78, 5) is 3.37. The summed E-state index contributed by atoms with van der Waals surface area (Å²) in [5, 5.41) is 0. The minimum Gasteiger partial charge on any atom is -0.438 e. The van der Waals surface area contributed by atoms with Gasteiger partial charge in [-0.1, -0.05) is 0 Å². The molecule has 90 valence electrons. The quantitative estimate of drug-likeness (QED) is 0.714. The third-order valence-corrected chi connectivity index (χ3v) is 2.16. The van der Waals surface area contributed by atoms with Gasteiger partial charge in [-0.2, -0.15) is 13.2 Å². The molecule has 0 atom stereocenters. The highest BCUT2D eigenvalue weighted by molar-refractivity contribution is 5.60. The molecule has 0 saturated carbocycles. The van der Waals surface area contributed by atoms with Crippen molar-refractivity contribution in [1.82, 2.24) is 4.98 Å². The second-order valence-corrected chi connectivity index (χ2v) is 3.43. The van der Waals surface area contributed by atoms with E-state index in [9.17, 15) is 17.6 Å². The van der Waals surface area contributed by atoms with Crippen LogP contribution in [0.25, 0.3) is 11.3 Å². The summed E-state index contributed by atoms with van der Waals surface area (Å²) in [5.41, 5.74) is 0.445. The van der Waals surface area contributed by atoms with E-state index >= 15 is 0 Å². The predicted molar refractivity (Wildman–Crippen MR) is 51.6 cm³/mol. The average molecular weight is 245 g/mol. The van der Waals surface area contributed by atoms with Crippen molar-refractivity contribution in [2.24, 2.45) is 0 Å². The maximum atomic E-state index is 12.7. The van der Waals surface area contributed by atoms with Crippen LogP contribution in [0.5, 0.6) is 0 Å². The second-order valence-electron chi connectivity index (χ2n) is 3.43. The van der Waals surface area contributed by atoms with Crippen LogP contribution < -0.4 is 0 Å². The fourth-order valence-electron chi connectivity index (χ4n) is 1.39. The van der Waals surface area contributed by atoms with Gasteiger partial charge >= 0.3 is 12.1 Å². The zero-order chi connectivity index (χ0) is 12.6. The van der Waals surface area contributed by atoms with Crippen molar-refractivity contribution in [3.63, 3.8) is 0 Å². The van der Waals surface area contributed by atoms with Crippen LogP contribution in [0, 0.1) is 12.7 Å². The SMILES string of the molecule is Cc1oc(C(F)(F)F)nc1-c1ccc(F)cc1. The molecule has 0 saturated heterocycles. The molecule has 0 spiro atoms. The molecular weight excluding hydrogens is 238 g/mol. The molecule has 2 rings (SSSR count). The van der Waals surface area contributed by atoms with E-state index in [0.717, 1.165) is 12.1 Å². The minimum absolute atomic E-state index is 0.0453. The number of oxazole rings is 1. The van der Waals surface area contributed by atoms with Gasteiger partial charge in [-0.05, 0) is 31.2 Å². The first kappa shape index (κ1) is 11.6. The third-order valence-electron chi connectivity index (χ3n) is 2.16. The Morgan fingerprint density at radius 2 is 1.71 bits per heavy atom. The average Bonchev–Trinajstić information content (AvgIpc) is 2.61. The van der Waals surface area contributed by atoms with Gasteiger partial charge in [0.1, 0.15) is 17.3 Å². The highest BCUT2D eigenvalue weighted by atomic mass is 19.4. The highest BCUT2D eigenvalue weighted by Gasteiger charge is 2.38. The number of nitrogens with zero attached hydrogens (tertiary/aromatic N) is 1. The van der Waals surface area contributed by atoms with Gasteiger partial charge in [0, 0.05) is 5.56 Å². The molecule has 0 radical (unpaired) electrons. The van der Waals surface area contributed by atoms with E-state index < -0.39 is 17.9 Å². The molecule has 0 fully saturated rings. The van der Waals surface area contributed by atoms with Gasteiger partial charge in [0.05, 0.1) is 0 Å². The Morgan fingerprint density at radius 1 is 1.12 bits per heavy atom. The maximum absolute atomic E-state index is 12.7. The first-order valence-corrected chi connectivity index (χ1v) is 4.68. The Kier molecular flexibility index (Phi) is 2.65. The summed E-state index contributed by atoms with van der Waals surface area (Å²) in [6.45, 7) is 1.38. The lowest BCUT2D eigenvalue weighted by atomic mass is 10.1. The molecule has 1 heterocycles. The van der Waals surface area contributed by atoms with Gasteiger partial charge in [-0.25, -0.2) is 9.37 Å². The molecule has 2 aromatic rings. The Balaban J connectivity index is 2.46. The number of hydrogen-bond donors (Lipinski definition) is 0. The maximum Gasteiger partial charge on any atom is 0.468 e. The van der Waals surface area contributed by atoms with E-state index in [1.165, 1.54) is 19.1 Å². The monoisotopic (exact) mass is 245 g/mol. The number of aryl methyl sites for hydroxylation is 1. The smallest absolute Gasteiger partial charge is 0.438 e. The first-order valence-electron chi connectivity index (χ1n) is 4.68. The molecule has 6 heteroatoms. The number of benzene rings is 1. The predicted octanol–water partition coefficient (Wildman–Crippen LogP) is 3.81. The van der Waals surface area contributed by atoms with Crippen LogP contribution >= 0.6 is 0 Å². The largest absolute Gasteiger partial charge is 0.468 e. The molecule has 0 unspecified atom stereocenters. The van der Waals surface area contributed by atoms with Crippen LogP contribution in [0.15, 0.2) is 28.7 Å². The van der Waals surface area contributed by atoms with Crippen molar-refractivity contribution in [2.45, 2.75) is 13.1 Å². The van der Waals surface area contributed by atoms with E-state index in [1.807, 2.05) is 0 Å². The fraction of sp³-hybridized carbons (Fsp3) is 0.182. The van der Waals surface area contributed by atoms with Crippen LogP contribution in [-0.2, 0) is 6.18 Å². The Morgan fingerprint density at radius 3 is 2.18 bits per heavy atom. The number of aromatic nitrogens is 1. The Bertz CT molecular complexity index is 527. The molecule has 0 aliphatic rings. The van der Waals surface area contributed by atoms with E-state index in [-0.39, 0.29) is 11.5 Å². The van der Waals surface area contributed by atoms with E-state index in [4.69, 9.17) is 0 Å². The van der Waals surface area contributed by atoms with Crippen molar-refractivity contribution >= 4 is 0 Å². The molecule has 0 aliphatic carbocycles. The topological polar surface area (TPSA) is 26.0 Å². The molecule has 0 N–H and O–H groups in total. The molecule has 0 amide bonds. The molecule has 17 heavy (non-hydrogen) atoms.